The smallest absolute Gasteiger partial charge is 0.0556 e. The first-order valence-corrected chi connectivity index (χ1v) is 7.48. The van der Waals surface area contributed by atoms with Crippen LogP contribution in [0, 0.1) is 0 Å². The van der Waals surface area contributed by atoms with Crippen LogP contribution in [0.15, 0.2) is 0 Å². The Kier molecular flexibility index (Phi) is 5.75. The van der Waals surface area contributed by atoms with Gasteiger partial charge in [-0.2, -0.15) is 0 Å². The van der Waals surface area contributed by atoms with E-state index < -0.39 is 0 Å². The molecule has 1 saturated carbocycles. The van der Waals surface area contributed by atoms with Crippen LogP contribution in [-0.2, 0) is 0 Å². The van der Waals surface area contributed by atoms with Gasteiger partial charge in [-0.25, -0.2) is 0 Å². The Labute approximate surface area is 106 Å². The molecule has 17 heavy (non-hydrogen) atoms. The molecule has 1 aliphatic carbocycles. The molecule has 1 aliphatic heterocycles. The van der Waals surface area contributed by atoms with Crippen molar-refractivity contribution in [3.63, 3.8) is 0 Å². The molecule has 0 bridgehead atoms. The summed E-state index contributed by atoms with van der Waals surface area (Å²) in [6, 6.07) is 1.45. The molecule has 2 aliphatic rings. The van der Waals surface area contributed by atoms with Gasteiger partial charge < -0.3 is 10.4 Å². The SMILES string of the molecule is OCCNC1CCCN(C2CCCCCC2)C1. The van der Waals surface area contributed by atoms with Crippen molar-refractivity contribution >= 4 is 0 Å². The minimum Gasteiger partial charge on any atom is -0.395 e. The highest BCUT2D eigenvalue weighted by Crippen LogP contribution is 2.24. The van der Waals surface area contributed by atoms with E-state index in [9.17, 15) is 0 Å². The van der Waals surface area contributed by atoms with Crippen LogP contribution in [0.4, 0.5) is 0 Å². The van der Waals surface area contributed by atoms with Crippen molar-refractivity contribution in [1.29, 1.82) is 0 Å². The minimum atomic E-state index is 0.264. The molecule has 2 fully saturated rings. The summed E-state index contributed by atoms with van der Waals surface area (Å²) in [6.07, 6.45) is 11.2. The largest absolute Gasteiger partial charge is 0.395 e. The third-order valence-corrected chi connectivity index (χ3v) is 4.34. The summed E-state index contributed by atoms with van der Waals surface area (Å²) in [4.78, 5) is 2.71. The normalized spacial score (nSPS) is 29.1. The Morgan fingerprint density at radius 3 is 2.47 bits per heavy atom. The fourth-order valence-corrected chi connectivity index (χ4v) is 3.40. The van der Waals surface area contributed by atoms with Crippen LogP contribution >= 0.6 is 0 Å². The number of rotatable bonds is 4. The Hall–Kier alpha value is -0.120. The molecule has 1 unspecified atom stereocenters. The second-order valence-electron chi connectivity index (χ2n) is 5.66. The number of piperidine rings is 1. The summed E-state index contributed by atoms with van der Waals surface area (Å²) in [5, 5.41) is 12.3. The molecule has 1 heterocycles. The molecule has 0 radical (unpaired) electrons. The molecule has 2 rings (SSSR count). The first-order chi connectivity index (χ1) is 8.40. The molecule has 3 nitrogen and oxygen atoms in total. The molecule has 0 aromatic carbocycles. The predicted octanol–water partition coefficient (Wildman–Crippen LogP) is 1.76. The summed E-state index contributed by atoms with van der Waals surface area (Å²) in [5.74, 6) is 0. The third-order valence-electron chi connectivity index (χ3n) is 4.34. The zero-order valence-electron chi connectivity index (χ0n) is 11.0. The third kappa shape index (κ3) is 4.23. The summed E-state index contributed by atoms with van der Waals surface area (Å²) in [6.45, 7) is 3.51. The maximum atomic E-state index is 8.87. The van der Waals surface area contributed by atoms with Gasteiger partial charge in [0.25, 0.3) is 0 Å². The van der Waals surface area contributed by atoms with Gasteiger partial charge in [0.05, 0.1) is 6.61 Å². The van der Waals surface area contributed by atoms with Gasteiger partial charge >= 0.3 is 0 Å². The lowest BCUT2D eigenvalue weighted by Gasteiger charge is -2.38. The van der Waals surface area contributed by atoms with Crippen LogP contribution in [0.25, 0.3) is 0 Å². The van der Waals surface area contributed by atoms with Crippen LogP contribution in [0.1, 0.15) is 51.4 Å². The quantitative estimate of drug-likeness (QED) is 0.735. The first-order valence-electron chi connectivity index (χ1n) is 7.48. The lowest BCUT2D eigenvalue weighted by Crippen LogP contribution is -2.50. The highest BCUT2D eigenvalue weighted by molar-refractivity contribution is 4.83. The standard InChI is InChI=1S/C14H28N2O/c17-11-9-15-13-6-5-10-16(12-13)14-7-3-1-2-4-8-14/h13-15,17H,1-12H2. The molecule has 3 heteroatoms. The molecule has 2 N–H and O–H groups in total. The van der Waals surface area contributed by atoms with Gasteiger partial charge in [-0.05, 0) is 32.2 Å². The molecular formula is C14H28N2O. The average Bonchev–Trinajstić information content (AvgIpc) is 2.65. The summed E-state index contributed by atoms with van der Waals surface area (Å²) >= 11 is 0. The van der Waals surface area contributed by atoms with Crippen LogP contribution in [-0.4, -0.2) is 48.3 Å². The lowest BCUT2D eigenvalue weighted by atomic mass is 10.00. The monoisotopic (exact) mass is 240 g/mol. The molecule has 1 atom stereocenters. The van der Waals surface area contributed by atoms with Crippen molar-refractivity contribution in [2.45, 2.75) is 63.5 Å². The van der Waals surface area contributed by atoms with Gasteiger partial charge in [0.2, 0.25) is 0 Å². The number of aliphatic hydroxyl groups excluding tert-OH is 1. The molecule has 0 aromatic heterocycles. The van der Waals surface area contributed by atoms with E-state index in [0.717, 1.165) is 12.6 Å². The number of nitrogens with zero attached hydrogens (tertiary/aromatic N) is 1. The maximum absolute atomic E-state index is 8.87. The number of hydrogen-bond donors (Lipinski definition) is 2. The number of hydrogen-bond acceptors (Lipinski definition) is 3. The maximum Gasteiger partial charge on any atom is 0.0556 e. The first kappa shape index (κ1) is 13.3. The van der Waals surface area contributed by atoms with Crippen LogP contribution < -0.4 is 5.32 Å². The van der Waals surface area contributed by atoms with Crippen molar-refractivity contribution in [3.8, 4) is 0 Å². The van der Waals surface area contributed by atoms with E-state index in [4.69, 9.17) is 5.11 Å². The highest BCUT2D eigenvalue weighted by Gasteiger charge is 2.25. The zero-order chi connectivity index (χ0) is 11.9. The van der Waals surface area contributed by atoms with Crippen molar-refractivity contribution in [3.05, 3.63) is 0 Å². The second kappa shape index (κ2) is 7.34. The zero-order valence-corrected chi connectivity index (χ0v) is 11.0. The molecule has 100 valence electrons. The predicted molar refractivity (Wildman–Crippen MR) is 71.2 cm³/mol. The highest BCUT2D eigenvalue weighted by atomic mass is 16.3. The Bertz CT molecular complexity index is 202. The molecule has 0 amide bonds. The van der Waals surface area contributed by atoms with Gasteiger partial charge in [-0.1, -0.05) is 25.7 Å². The number of aliphatic hydroxyl groups is 1. The molecule has 1 saturated heterocycles. The summed E-state index contributed by atoms with van der Waals surface area (Å²) in [7, 11) is 0. The molecule has 0 spiro atoms. The van der Waals surface area contributed by atoms with E-state index in [1.165, 1.54) is 64.5 Å². The fraction of sp³-hybridized carbons (Fsp3) is 1.00. The lowest BCUT2D eigenvalue weighted by molar-refractivity contribution is 0.123. The fourth-order valence-electron chi connectivity index (χ4n) is 3.40. The van der Waals surface area contributed by atoms with E-state index in [2.05, 4.69) is 10.2 Å². The Morgan fingerprint density at radius 1 is 1.00 bits per heavy atom. The van der Waals surface area contributed by atoms with E-state index in [-0.39, 0.29) is 6.61 Å². The minimum absolute atomic E-state index is 0.264. The molecular weight excluding hydrogens is 212 g/mol. The summed E-state index contributed by atoms with van der Waals surface area (Å²) < 4.78 is 0. The number of likely N-dealkylation sites (tertiary alicyclic amines) is 1. The van der Waals surface area contributed by atoms with Gasteiger partial charge in [0.15, 0.2) is 0 Å². The van der Waals surface area contributed by atoms with Gasteiger partial charge in [-0.3, -0.25) is 4.90 Å². The average molecular weight is 240 g/mol. The summed E-state index contributed by atoms with van der Waals surface area (Å²) in [5.41, 5.74) is 0. The number of nitrogens with one attached hydrogen (secondary N) is 1. The topological polar surface area (TPSA) is 35.5 Å². The van der Waals surface area contributed by atoms with E-state index >= 15 is 0 Å². The molecule has 0 aromatic rings. The Balaban J connectivity index is 1.78. The van der Waals surface area contributed by atoms with Crippen molar-refractivity contribution < 1.29 is 5.11 Å². The van der Waals surface area contributed by atoms with Crippen LogP contribution in [0.3, 0.4) is 0 Å². The van der Waals surface area contributed by atoms with Gasteiger partial charge in [0, 0.05) is 25.2 Å². The van der Waals surface area contributed by atoms with Gasteiger partial charge in [0.1, 0.15) is 0 Å². The van der Waals surface area contributed by atoms with E-state index in [0.29, 0.717) is 6.04 Å². The van der Waals surface area contributed by atoms with Crippen LogP contribution in [0.5, 0.6) is 0 Å². The Morgan fingerprint density at radius 2 is 1.76 bits per heavy atom. The van der Waals surface area contributed by atoms with Crippen molar-refractivity contribution in [2.24, 2.45) is 0 Å². The van der Waals surface area contributed by atoms with E-state index in [1.54, 1.807) is 0 Å². The second-order valence-corrected chi connectivity index (χ2v) is 5.66. The van der Waals surface area contributed by atoms with Gasteiger partial charge in [-0.15, -0.1) is 0 Å². The van der Waals surface area contributed by atoms with Crippen molar-refractivity contribution in [2.75, 3.05) is 26.2 Å². The van der Waals surface area contributed by atoms with Crippen molar-refractivity contribution in [1.82, 2.24) is 10.2 Å². The van der Waals surface area contributed by atoms with E-state index in [1.807, 2.05) is 0 Å². The van der Waals surface area contributed by atoms with Crippen LogP contribution in [0.2, 0.25) is 0 Å².